The fourth-order valence-corrected chi connectivity index (χ4v) is 2.45. The van der Waals surface area contributed by atoms with Crippen LogP contribution in [-0.4, -0.2) is 28.5 Å². The summed E-state index contributed by atoms with van der Waals surface area (Å²) in [5, 5.41) is 1.31. The molecule has 0 aromatic heterocycles. The Bertz CT molecular complexity index is 545. The predicted molar refractivity (Wildman–Crippen MR) is 78.4 cm³/mol. The number of anilines is 1. The summed E-state index contributed by atoms with van der Waals surface area (Å²) < 4.78 is 0. The van der Waals surface area contributed by atoms with Crippen molar-refractivity contribution in [3.05, 3.63) is 28.2 Å². The van der Waals surface area contributed by atoms with E-state index in [0.29, 0.717) is 20.8 Å². The number of halogens is 2. The Labute approximate surface area is 121 Å². The summed E-state index contributed by atoms with van der Waals surface area (Å²) in [6.07, 6.45) is 0. The summed E-state index contributed by atoms with van der Waals surface area (Å²) in [4.78, 5) is 15.6. The van der Waals surface area contributed by atoms with Crippen molar-refractivity contribution in [3.8, 4) is 0 Å². The van der Waals surface area contributed by atoms with Crippen molar-refractivity contribution < 1.29 is 4.79 Å². The lowest BCUT2D eigenvalue weighted by Gasteiger charge is -2.24. The van der Waals surface area contributed by atoms with E-state index < -0.39 is 5.54 Å². The van der Waals surface area contributed by atoms with E-state index in [1.807, 2.05) is 13.8 Å². The minimum atomic E-state index is -0.650. The van der Waals surface area contributed by atoms with Gasteiger partial charge >= 0.3 is 0 Å². The highest BCUT2D eigenvalue weighted by molar-refractivity contribution is 7.80. The first-order chi connectivity index (χ1) is 8.26. The van der Waals surface area contributed by atoms with Gasteiger partial charge < -0.3 is 4.90 Å². The Morgan fingerprint density at radius 2 is 1.83 bits per heavy atom. The molecule has 0 radical (unpaired) electrons. The van der Waals surface area contributed by atoms with E-state index >= 15 is 0 Å². The van der Waals surface area contributed by atoms with Crippen molar-refractivity contribution in [3.63, 3.8) is 0 Å². The molecule has 1 aromatic carbocycles. The number of carbonyl (C=O) groups excluding carboxylic acids is 1. The minimum absolute atomic E-state index is 0.0756. The topological polar surface area (TPSA) is 23.6 Å². The normalized spacial score (nSPS) is 18.7. The third kappa shape index (κ3) is 1.88. The molecular formula is C12H12Cl2N2OS. The lowest BCUT2D eigenvalue weighted by atomic mass is 10.1. The lowest BCUT2D eigenvalue weighted by molar-refractivity contribution is -0.123. The van der Waals surface area contributed by atoms with E-state index in [2.05, 4.69) is 0 Å². The third-order valence-electron chi connectivity index (χ3n) is 3.20. The number of benzene rings is 1. The van der Waals surface area contributed by atoms with Crippen molar-refractivity contribution >= 4 is 52.1 Å². The molecule has 1 aliphatic rings. The monoisotopic (exact) mass is 302 g/mol. The van der Waals surface area contributed by atoms with Crippen LogP contribution in [0.25, 0.3) is 0 Å². The number of hydrogen-bond acceptors (Lipinski definition) is 2. The predicted octanol–water partition coefficient (Wildman–Crippen LogP) is 3.34. The van der Waals surface area contributed by atoms with Gasteiger partial charge in [0.2, 0.25) is 0 Å². The van der Waals surface area contributed by atoms with E-state index in [-0.39, 0.29) is 5.91 Å². The summed E-state index contributed by atoms with van der Waals surface area (Å²) in [6.45, 7) is 3.66. The summed E-state index contributed by atoms with van der Waals surface area (Å²) in [5.74, 6) is -0.0756. The summed E-state index contributed by atoms with van der Waals surface area (Å²) in [6, 6.07) is 5.03. The van der Waals surface area contributed by atoms with Crippen molar-refractivity contribution in [2.24, 2.45) is 0 Å². The average Bonchev–Trinajstić information content (AvgIpc) is 2.45. The van der Waals surface area contributed by atoms with Crippen molar-refractivity contribution in [1.82, 2.24) is 4.90 Å². The highest BCUT2D eigenvalue weighted by atomic mass is 35.5. The molecular weight excluding hydrogens is 291 g/mol. The number of likely N-dealkylation sites (N-methyl/N-ethyl adjacent to an activating group) is 1. The van der Waals surface area contributed by atoms with Gasteiger partial charge in [0.25, 0.3) is 5.91 Å². The minimum Gasteiger partial charge on any atom is -0.337 e. The van der Waals surface area contributed by atoms with Crippen molar-refractivity contribution in [1.29, 1.82) is 0 Å². The third-order valence-corrected chi connectivity index (χ3v) is 4.40. The van der Waals surface area contributed by atoms with Crippen molar-refractivity contribution in [2.75, 3.05) is 11.9 Å². The fourth-order valence-electron chi connectivity index (χ4n) is 1.74. The van der Waals surface area contributed by atoms with Crippen molar-refractivity contribution in [2.45, 2.75) is 19.4 Å². The van der Waals surface area contributed by atoms with Crippen LogP contribution in [0.5, 0.6) is 0 Å². The molecule has 0 saturated carbocycles. The first-order valence-corrected chi connectivity index (χ1v) is 6.50. The van der Waals surface area contributed by atoms with Gasteiger partial charge in [0.15, 0.2) is 5.11 Å². The molecule has 1 heterocycles. The number of carbonyl (C=O) groups is 1. The van der Waals surface area contributed by atoms with Crippen LogP contribution in [0.4, 0.5) is 5.69 Å². The summed E-state index contributed by atoms with van der Waals surface area (Å²) >= 11 is 17.1. The lowest BCUT2D eigenvalue weighted by Crippen LogP contribution is -2.41. The molecule has 0 spiro atoms. The zero-order valence-electron chi connectivity index (χ0n) is 10.2. The number of thiocarbonyl (C=S) groups is 1. The second-order valence-corrected chi connectivity index (χ2v) is 5.82. The van der Waals surface area contributed by atoms with E-state index in [1.165, 1.54) is 4.90 Å². The molecule has 0 N–H and O–H groups in total. The van der Waals surface area contributed by atoms with Crippen LogP contribution in [-0.2, 0) is 4.79 Å². The van der Waals surface area contributed by atoms with Gasteiger partial charge in [-0.05, 0) is 44.3 Å². The van der Waals surface area contributed by atoms with E-state index in [0.717, 1.165) is 0 Å². The molecule has 3 nitrogen and oxygen atoms in total. The standard InChI is InChI=1S/C12H12Cl2N2OS/c1-12(2)10(17)16(11(18)15(12)3)7-4-5-8(13)9(14)6-7/h4-6H,1-3H3. The van der Waals surface area contributed by atoms with Gasteiger partial charge in [0.05, 0.1) is 15.7 Å². The number of nitrogens with zero attached hydrogens (tertiary/aromatic N) is 2. The molecule has 1 saturated heterocycles. The Morgan fingerprint density at radius 1 is 1.22 bits per heavy atom. The molecule has 0 atom stereocenters. The van der Waals surface area contributed by atoms with Gasteiger partial charge in [-0.1, -0.05) is 23.2 Å². The SMILES string of the molecule is CN1C(=S)N(c2ccc(Cl)c(Cl)c2)C(=O)C1(C)C. The van der Waals surface area contributed by atoms with Crippen LogP contribution in [0.1, 0.15) is 13.8 Å². The first kappa shape index (κ1) is 13.6. The molecule has 6 heteroatoms. The second kappa shape index (κ2) is 4.37. The van der Waals surface area contributed by atoms with Gasteiger partial charge in [-0.3, -0.25) is 9.69 Å². The van der Waals surface area contributed by atoms with Crippen LogP contribution in [0.15, 0.2) is 18.2 Å². The molecule has 2 rings (SSSR count). The zero-order valence-corrected chi connectivity index (χ0v) is 12.5. The van der Waals surface area contributed by atoms with Crippen LogP contribution >= 0.6 is 35.4 Å². The molecule has 1 aliphatic heterocycles. The van der Waals surface area contributed by atoms with Gasteiger partial charge in [0, 0.05) is 7.05 Å². The largest absolute Gasteiger partial charge is 0.337 e. The Balaban J connectivity index is 2.48. The van der Waals surface area contributed by atoms with Gasteiger partial charge in [-0.25, -0.2) is 0 Å². The van der Waals surface area contributed by atoms with Gasteiger partial charge in [0.1, 0.15) is 5.54 Å². The van der Waals surface area contributed by atoms with Crippen LogP contribution in [0.3, 0.4) is 0 Å². The van der Waals surface area contributed by atoms with Gasteiger partial charge in [-0.2, -0.15) is 0 Å². The Kier molecular flexibility index (Phi) is 3.30. The maximum absolute atomic E-state index is 12.4. The molecule has 18 heavy (non-hydrogen) atoms. The number of rotatable bonds is 1. The number of hydrogen-bond donors (Lipinski definition) is 0. The molecule has 0 unspecified atom stereocenters. The molecule has 1 aromatic rings. The van der Waals surface area contributed by atoms with E-state index in [4.69, 9.17) is 35.4 Å². The summed E-state index contributed by atoms with van der Waals surface area (Å²) in [7, 11) is 1.80. The van der Waals surface area contributed by atoms with Crippen LogP contribution in [0.2, 0.25) is 10.0 Å². The molecule has 1 amide bonds. The maximum Gasteiger partial charge on any atom is 0.258 e. The van der Waals surface area contributed by atoms with Crippen LogP contribution < -0.4 is 4.90 Å². The Morgan fingerprint density at radius 3 is 2.28 bits per heavy atom. The van der Waals surface area contributed by atoms with E-state index in [1.54, 1.807) is 30.1 Å². The molecule has 96 valence electrons. The smallest absolute Gasteiger partial charge is 0.258 e. The number of amides is 1. The second-order valence-electron chi connectivity index (χ2n) is 4.64. The highest BCUT2D eigenvalue weighted by Crippen LogP contribution is 2.33. The fraction of sp³-hybridized carbons (Fsp3) is 0.333. The summed E-state index contributed by atoms with van der Waals surface area (Å²) in [5.41, 5.74) is -0.0137. The Hall–Kier alpha value is -0.840. The zero-order chi connectivity index (χ0) is 13.7. The molecule has 0 bridgehead atoms. The van der Waals surface area contributed by atoms with E-state index in [9.17, 15) is 4.79 Å². The molecule has 0 aliphatic carbocycles. The molecule has 1 fully saturated rings. The maximum atomic E-state index is 12.4. The van der Waals surface area contributed by atoms with Crippen LogP contribution in [0, 0.1) is 0 Å². The highest BCUT2D eigenvalue weighted by Gasteiger charge is 2.47. The average molecular weight is 303 g/mol. The van der Waals surface area contributed by atoms with Gasteiger partial charge in [-0.15, -0.1) is 0 Å². The first-order valence-electron chi connectivity index (χ1n) is 5.34. The quantitative estimate of drug-likeness (QED) is 0.744.